The molecule has 2 amide bonds. The molecule has 26 heavy (non-hydrogen) atoms. The van der Waals surface area contributed by atoms with E-state index < -0.39 is 24.1 Å². The number of amides is 2. The van der Waals surface area contributed by atoms with Crippen LogP contribution in [0.15, 0.2) is 18.2 Å². The molecule has 0 spiro atoms. The Hall–Kier alpha value is -2.06. The lowest BCUT2D eigenvalue weighted by Gasteiger charge is -2.36. The first-order valence-electron chi connectivity index (χ1n) is 8.28. The molecule has 2 atom stereocenters. The van der Waals surface area contributed by atoms with Crippen molar-refractivity contribution in [3.63, 3.8) is 0 Å². The summed E-state index contributed by atoms with van der Waals surface area (Å²) in [5, 5.41) is 12.1. The summed E-state index contributed by atoms with van der Waals surface area (Å²) in [5.41, 5.74) is 0.285. The van der Waals surface area contributed by atoms with Crippen molar-refractivity contribution in [2.45, 2.75) is 18.9 Å². The first-order chi connectivity index (χ1) is 12.4. The summed E-state index contributed by atoms with van der Waals surface area (Å²) >= 11 is 6.00. The van der Waals surface area contributed by atoms with Crippen molar-refractivity contribution in [2.75, 3.05) is 33.4 Å². The number of alkyl carbamates (subject to hydrolysis) is 1. The molecule has 0 aromatic heterocycles. The van der Waals surface area contributed by atoms with Crippen molar-refractivity contribution in [1.82, 2.24) is 10.2 Å². The Morgan fingerprint density at radius 3 is 2.96 bits per heavy atom. The molecular weight excluding hydrogens is 367 g/mol. The van der Waals surface area contributed by atoms with Crippen LogP contribution in [0.1, 0.15) is 24.5 Å². The van der Waals surface area contributed by atoms with Crippen LogP contribution in [0.3, 0.4) is 0 Å². The maximum absolute atomic E-state index is 14.4. The largest absolute Gasteiger partial charge is 0.465 e. The molecule has 1 unspecified atom stereocenters. The van der Waals surface area contributed by atoms with Crippen LogP contribution >= 0.6 is 11.6 Å². The van der Waals surface area contributed by atoms with Gasteiger partial charge in [0.2, 0.25) is 0 Å². The van der Waals surface area contributed by atoms with Gasteiger partial charge in [0.1, 0.15) is 5.82 Å². The van der Waals surface area contributed by atoms with E-state index in [9.17, 15) is 19.1 Å². The average Bonchev–Trinajstić information content (AvgIpc) is 2.64. The monoisotopic (exact) mass is 388 g/mol. The Bertz CT molecular complexity index is 646. The molecule has 0 bridgehead atoms. The Balaban J connectivity index is 2.14. The number of hydrogen-bond acceptors (Lipinski definition) is 4. The molecule has 0 aliphatic carbocycles. The van der Waals surface area contributed by atoms with E-state index in [0.29, 0.717) is 24.4 Å². The highest BCUT2D eigenvalue weighted by atomic mass is 35.5. The number of carboxylic acid groups (broad SMARTS) is 1. The predicted octanol–water partition coefficient (Wildman–Crippen LogP) is 3.28. The molecule has 1 aromatic carbocycles. The first-order valence-corrected chi connectivity index (χ1v) is 8.66. The summed E-state index contributed by atoms with van der Waals surface area (Å²) in [5.74, 6) is -0.682. The highest BCUT2D eigenvalue weighted by Gasteiger charge is 2.32. The van der Waals surface area contributed by atoms with Gasteiger partial charge in [0.25, 0.3) is 0 Å². The number of benzene rings is 1. The van der Waals surface area contributed by atoms with Gasteiger partial charge in [0.05, 0.1) is 19.8 Å². The van der Waals surface area contributed by atoms with Gasteiger partial charge in [-0.05, 0) is 31.0 Å². The molecule has 0 radical (unpaired) electrons. The second kappa shape index (κ2) is 9.59. The Morgan fingerprint density at radius 2 is 2.27 bits per heavy atom. The smallest absolute Gasteiger partial charge is 0.407 e. The zero-order valence-electron chi connectivity index (χ0n) is 14.4. The number of nitrogens with one attached hydrogen (secondary N) is 1. The third-order valence-electron chi connectivity index (χ3n) is 4.28. The highest BCUT2D eigenvalue weighted by Crippen LogP contribution is 2.35. The number of methoxy groups -OCH3 is 1. The number of likely N-dealkylation sites (tertiary alicyclic amines) is 1. The first kappa shape index (κ1) is 20.3. The number of nitrogens with zero attached hydrogens (tertiary/aromatic N) is 1. The van der Waals surface area contributed by atoms with E-state index in [2.05, 4.69) is 10.1 Å². The molecule has 2 N–H and O–H groups in total. The fourth-order valence-corrected chi connectivity index (χ4v) is 3.23. The third-order valence-corrected chi connectivity index (χ3v) is 4.51. The van der Waals surface area contributed by atoms with Crippen LogP contribution in [-0.2, 0) is 9.47 Å². The van der Waals surface area contributed by atoms with Gasteiger partial charge in [0, 0.05) is 36.1 Å². The standard InChI is InChI=1S/C17H22ClFN2O5/c1-25-16(22)20-6-8-26-15(13-9-12(18)4-5-14(13)19)11-3-2-7-21(10-11)17(23)24/h4-5,9,11,15H,2-3,6-8,10H2,1H3,(H,20,22)(H,23,24)/t11?,15-/m1/s1. The normalized spacial score (nSPS) is 18.3. The molecule has 7 nitrogen and oxygen atoms in total. The maximum atomic E-state index is 14.4. The Kier molecular flexibility index (Phi) is 7.47. The zero-order chi connectivity index (χ0) is 19.1. The van der Waals surface area contributed by atoms with Crippen LogP contribution in [0.25, 0.3) is 0 Å². The molecule has 2 rings (SSSR count). The summed E-state index contributed by atoms with van der Waals surface area (Å²) in [6.45, 7) is 0.993. The Labute approximate surface area is 156 Å². The summed E-state index contributed by atoms with van der Waals surface area (Å²) in [6, 6.07) is 4.20. The second-order valence-corrected chi connectivity index (χ2v) is 6.44. The van der Waals surface area contributed by atoms with Crippen molar-refractivity contribution in [2.24, 2.45) is 5.92 Å². The minimum Gasteiger partial charge on any atom is -0.465 e. The van der Waals surface area contributed by atoms with Gasteiger partial charge in [-0.2, -0.15) is 0 Å². The number of ether oxygens (including phenoxy) is 2. The summed E-state index contributed by atoms with van der Waals surface area (Å²) in [4.78, 5) is 23.7. The van der Waals surface area contributed by atoms with Crippen LogP contribution in [0, 0.1) is 11.7 Å². The van der Waals surface area contributed by atoms with E-state index in [-0.39, 0.29) is 31.2 Å². The lowest BCUT2D eigenvalue weighted by Crippen LogP contribution is -2.41. The van der Waals surface area contributed by atoms with Crippen molar-refractivity contribution in [1.29, 1.82) is 0 Å². The highest BCUT2D eigenvalue weighted by molar-refractivity contribution is 6.30. The number of carbonyl (C=O) groups excluding carboxylic acids is 1. The molecule has 1 aliphatic heterocycles. The van der Waals surface area contributed by atoms with Crippen molar-refractivity contribution < 1.29 is 28.6 Å². The molecule has 0 saturated carbocycles. The minimum absolute atomic E-state index is 0.120. The number of carbonyl (C=O) groups is 2. The van der Waals surface area contributed by atoms with E-state index in [1.807, 2.05) is 0 Å². The number of piperidine rings is 1. The van der Waals surface area contributed by atoms with Crippen molar-refractivity contribution in [3.05, 3.63) is 34.6 Å². The van der Waals surface area contributed by atoms with Crippen LogP contribution < -0.4 is 5.32 Å². The van der Waals surface area contributed by atoms with Crippen LogP contribution in [-0.4, -0.2) is 55.5 Å². The zero-order valence-corrected chi connectivity index (χ0v) is 15.2. The Morgan fingerprint density at radius 1 is 1.50 bits per heavy atom. The van der Waals surface area contributed by atoms with Crippen molar-refractivity contribution >= 4 is 23.8 Å². The SMILES string of the molecule is COC(=O)NCCO[C@@H](c1cc(Cl)ccc1F)C1CCCN(C(=O)O)C1. The van der Waals surface area contributed by atoms with E-state index in [1.54, 1.807) is 0 Å². The van der Waals surface area contributed by atoms with Gasteiger partial charge in [-0.3, -0.25) is 0 Å². The molecule has 1 saturated heterocycles. The van der Waals surface area contributed by atoms with Gasteiger partial charge in [-0.1, -0.05) is 11.6 Å². The fraction of sp³-hybridized carbons (Fsp3) is 0.529. The summed E-state index contributed by atoms with van der Waals surface area (Å²) in [6.07, 6.45) is -0.902. The summed E-state index contributed by atoms with van der Waals surface area (Å²) in [7, 11) is 1.25. The van der Waals surface area contributed by atoms with Gasteiger partial charge >= 0.3 is 12.2 Å². The van der Waals surface area contributed by atoms with E-state index in [0.717, 1.165) is 0 Å². The minimum atomic E-state index is -1.01. The number of halogens is 2. The molecule has 1 fully saturated rings. The lowest BCUT2D eigenvalue weighted by molar-refractivity contribution is -0.0135. The van der Waals surface area contributed by atoms with E-state index in [4.69, 9.17) is 16.3 Å². The molecule has 1 heterocycles. The molecular formula is C17H22ClFN2O5. The van der Waals surface area contributed by atoms with E-state index >= 15 is 0 Å². The second-order valence-electron chi connectivity index (χ2n) is 6.01. The van der Waals surface area contributed by atoms with Crippen LogP contribution in [0.4, 0.5) is 14.0 Å². The van der Waals surface area contributed by atoms with Crippen LogP contribution in [0.5, 0.6) is 0 Å². The van der Waals surface area contributed by atoms with Gasteiger partial charge in [-0.25, -0.2) is 14.0 Å². The average molecular weight is 389 g/mol. The molecule has 1 aromatic rings. The number of hydrogen-bond donors (Lipinski definition) is 2. The lowest BCUT2D eigenvalue weighted by atomic mass is 9.88. The van der Waals surface area contributed by atoms with Gasteiger partial charge in [0.15, 0.2) is 0 Å². The fourth-order valence-electron chi connectivity index (χ4n) is 3.05. The van der Waals surface area contributed by atoms with Gasteiger partial charge < -0.3 is 24.8 Å². The predicted molar refractivity (Wildman–Crippen MR) is 92.8 cm³/mol. The molecule has 144 valence electrons. The molecule has 1 aliphatic rings. The number of rotatable bonds is 6. The van der Waals surface area contributed by atoms with Crippen molar-refractivity contribution in [3.8, 4) is 0 Å². The van der Waals surface area contributed by atoms with E-state index in [1.165, 1.54) is 30.2 Å². The maximum Gasteiger partial charge on any atom is 0.407 e. The van der Waals surface area contributed by atoms with Gasteiger partial charge in [-0.15, -0.1) is 0 Å². The molecule has 9 heteroatoms. The topological polar surface area (TPSA) is 88.1 Å². The van der Waals surface area contributed by atoms with Crippen LogP contribution in [0.2, 0.25) is 5.02 Å². The third kappa shape index (κ3) is 5.47. The quantitative estimate of drug-likeness (QED) is 0.730. The summed E-state index contributed by atoms with van der Waals surface area (Å²) < 4.78 is 24.7.